The number of carbonyl (C=O) groups is 1. The largest absolute Gasteiger partial charge is 0.494 e. The molecule has 2 aromatic carbocycles. The van der Waals surface area contributed by atoms with E-state index in [2.05, 4.69) is 5.32 Å². The number of fused-ring (bicyclic) bond motifs is 3. The van der Waals surface area contributed by atoms with Gasteiger partial charge < -0.3 is 19.2 Å². The lowest BCUT2D eigenvalue weighted by atomic mass is 10.2. The van der Waals surface area contributed by atoms with Gasteiger partial charge in [0.1, 0.15) is 16.8 Å². The lowest BCUT2D eigenvalue weighted by Gasteiger charge is -2.15. The molecule has 0 saturated carbocycles. The number of hydrogen-bond acceptors (Lipinski definition) is 7. The normalized spacial score (nSPS) is 15.7. The van der Waals surface area contributed by atoms with Crippen LogP contribution in [0, 0.1) is 0 Å². The second kappa shape index (κ2) is 9.90. The van der Waals surface area contributed by atoms with Crippen molar-refractivity contribution < 1.29 is 18.7 Å². The summed E-state index contributed by atoms with van der Waals surface area (Å²) in [5.74, 6) is 0.661. The fourth-order valence-electron chi connectivity index (χ4n) is 4.04. The minimum atomic E-state index is -0.258. The summed E-state index contributed by atoms with van der Waals surface area (Å²) in [6.45, 7) is 3.57. The van der Waals surface area contributed by atoms with E-state index in [9.17, 15) is 9.59 Å². The molecule has 1 aliphatic heterocycles. The molecular formula is C25H25N3O5S. The van der Waals surface area contributed by atoms with Gasteiger partial charge in [0.15, 0.2) is 5.16 Å². The molecule has 176 valence electrons. The fourth-order valence-corrected chi connectivity index (χ4v) is 4.85. The molecule has 1 atom stereocenters. The van der Waals surface area contributed by atoms with Crippen molar-refractivity contribution in [3.8, 4) is 5.75 Å². The van der Waals surface area contributed by atoms with Gasteiger partial charge in [-0.3, -0.25) is 14.2 Å². The minimum Gasteiger partial charge on any atom is -0.494 e. The minimum absolute atomic E-state index is 0.0571. The molecule has 1 fully saturated rings. The van der Waals surface area contributed by atoms with Crippen LogP contribution in [0.15, 0.2) is 62.9 Å². The zero-order valence-corrected chi connectivity index (χ0v) is 19.6. The number of furan rings is 1. The number of hydrogen-bond donors (Lipinski definition) is 1. The predicted molar refractivity (Wildman–Crippen MR) is 132 cm³/mol. The highest BCUT2D eigenvalue weighted by Gasteiger charge is 2.23. The van der Waals surface area contributed by atoms with Gasteiger partial charge in [0.05, 0.1) is 25.0 Å². The first-order valence-electron chi connectivity index (χ1n) is 11.3. The summed E-state index contributed by atoms with van der Waals surface area (Å²) in [6, 6.07) is 14.6. The lowest BCUT2D eigenvalue weighted by Crippen LogP contribution is -2.29. The predicted octanol–water partition coefficient (Wildman–Crippen LogP) is 4.45. The molecule has 2 aromatic heterocycles. The van der Waals surface area contributed by atoms with Crippen LogP contribution in [0.25, 0.3) is 22.1 Å². The molecule has 1 amide bonds. The molecule has 1 unspecified atom stereocenters. The van der Waals surface area contributed by atoms with Crippen LogP contribution in [0.1, 0.15) is 19.8 Å². The van der Waals surface area contributed by atoms with E-state index in [0.717, 1.165) is 24.0 Å². The van der Waals surface area contributed by atoms with Crippen molar-refractivity contribution in [2.45, 2.75) is 37.6 Å². The summed E-state index contributed by atoms with van der Waals surface area (Å²) in [5, 5.41) is 4.13. The Morgan fingerprint density at radius 3 is 2.82 bits per heavy atom. The molecule has 5 rings (SSSR count). The summed E-state index contributed by atoms with van der Waals surface area (Å²) in [5.41, 5.74) is 1.77. The van der Waals surface area contributed by atoms with Gasteiger partial charge in [-0.25, -0.2) is 4.98 Å². The Labute approximate surface area is 200 Å². The number of ether oxygens (including phenoxy) is 2. The van der Waals surface area contributed by atoms with E-state index in [-0.39, 0.29) is 28.9 Å². The number of nitrogens with zero attached hydrogens (tertiary/aromatic N) is 2. The number of para-hydroxylation sites is 1. The van der Waals surface area contributed by atoms with Gasteiger partial charge in [0, 0.05) is 17.7 Å². The van der Waals surface area contributed by atoms with Crippen molar-refractivity contribution in [1.29, 1.82) is 0 Å². The van der Waals surface area contributed by atoms with E-state index in [1.54, 1.807) is 16.7 Å². The lowest BCUT2D eigenvalue weighted by molar-refractivity contribution is -0.113. The van der Waals surface area contributed by atoms with Crippen LogP contribution >= 0.6 is 11.8 Å². The molecule has 4 aromatic rings. The molecule has 1 aliphatic rings. The van der Waals surface area contributed by atoms with Crippen LogP contribution in [-0.2, 0) is 16.1 Å². The Hall–Kier alpha value is -3.30. The maximum Gasteiger partial charge on any atom is 0.297 e. The first-order valence-corrected chi connectivity index (χ1v) is 12.3. The highest BCUT2D eigenvalue weighted by Crippen LogP contribution is 2.28. The fraction of sp³-hybridized carbons (Fsp3) is 0.320. The maximum absolute atomic E-state index is 13.4. The van der Waals surface area contributed by atoms with Gasteiger partial charge in [0.2, 0.25) is 11.5 Å². The number of amides is 1. The standard InChI is InChI=1S/C25H25N3O5S/c1-2-31-17-11-9-16(10-12-17)26-21(29)15-34-25-27-22-19-7-3-4-8-20(19)33-23(22)24(30)28(25)14-18-6-5-13-32-18/h3-4,7-12,18H,2,5-6,13-15H2,1H3,(H,26,29). The van der Waals surface area contributed by atoms with E-state index >= 15 is 0 Å². The number of thioether (sulfide) groups is 1. The van der Waals surface area contributed by atoms with Crippen molar-refractivity contribution in [2.24, 2.45) is 0 Å². The summed E-state index contributed by atoms with van der Waals surface area (Å²) < 4.78 is 18.6. The first-order chi connectivity index (χ1) is 16.6. The Morgan fingerprint density at radius 2 is 2.06 bits per heavy atom. The molecule has 0 bridgehead atoms. The van der Waals surface area contributed by atoms with Crippen molar-refractivity contribution >= 4 is 45.4 Å². The second-order valence-electron chi connectivity index (χ2n) is 8.02. The molecule has 9 heteroatoms. The third-order valence-electron chi connectivity index (χ3n) is 5.64. The molecule has 1 N–H and O–H groups in total. The zero-order valence-electron chi connectivity index (χ0n) is 18.8. The molecule has 0 spiro atoms. The molecule has 8 nitrogen and oxygen atoms in total. The Balaban J connectivity index is 1.40. The van der Waals surface area contributed by atoms with Crippen LogP contribution in [0.3, 0.4) is 0 Å². The number of nitrogens with one attached hydrogen (secondary N) is 1. The Morgan fingerprint density at radius 1 is 1.24 bits per heavy atom. The van der Waals surface area contributed by atoms with Crippen molar-refractivity contribution in [3.63, 3.8) is 0 Å². The number of aromatic nitrogens is 2. The quantitative estimate of drug-likeness (QED) is 0.295. The SMILES string of the molecule is CCOc1ccc(NC(=O)CSc2nc3c(oc4ccccc43)c(=O)n2CC2CCCO2)cc1. The van der Waals surface area contributed by atoms with Crippen molar-refractivity contribution in [3.05, 3.63) is 58.9 Å². The third-order valence-corrected chi connectivity index (χ3v) is 6.62. The van der Waals surface area contributed by atoms with Crippen LogP contribution in [0.5, 0.6) is 5.75 Å². The first kappa shape index (κ1) is 22.5. The average Bonchev–Trinajstić information content (AvgIpc) is 3.49. The maximum atomic E-state index is 13.4. The Kier molecular flexibility index (Phi) is 6.55. The third kappa shape index (κ3) is 4.67. The van der Waals surface area contributed by atoms with Gasteiger partial charge in [-0.2, -0.15) is 0 Å². The van der Waals surface area contributed by atoms with E-state index in [0.29, 0.717) is 41.7 Å². The highest BCUT2D eigenvalue weighted by molar-refractivity contribution is 7.99. The van der Waals surface area contributed by atoms with Crippen molar-refractivity contribution in [1.82, 2.24) is 9.55 Å². The molecule has 0 aliphatic carbocycles. The molecule has 0 radical (unpaired) electrons. The second-order valence-corrected chi connectivity index (χ2v) is 8.96. The molecule has 1 saturated heterocycles. The molecule has 34 heavy (non-hydrogen) atoms. The van der Waals surface area contributed by atoms with E-state index in [1.807, 2.05) is 43.3 Å². The summed E-state index contributed by atoms with van der Waals surface area (Å²) >= 11 is 1.23. The number of rotatable bonds is 8. The number of carbonyl (C=O) groups excluding carboxylic acids is 1. The van der Waals surface area contributed by atoms with Crippen LogP contribution < -0.4 is 15.6 Å². The molecular weight excluding hydrogens is 454 g/mol. The van der Waals surface area contributed by atoms with Crippen LogP contribution in [-0.4, -0.2) is 40.5 Å². The van der Waals surface area contributed by atoms with E-state index < -0.39 is 0 Å². The Bertz CT molecular complexity index is 1370. The summed E-state index contributed by atoms with van der Waals surface area (Å²) in [6.07, 6.45) is 1.79. The number of benzene rings is 2. The van der Waals surface area contributed by atoms with Gasteiger partial charge in [-0.15, -0.1) is 0 Å². The van der Waals surface area contributed by atoms with Gasteiger partial charge in [-0.05, 0) is 56.2 Å². The number of anilines is 1. The van der Waals surface area contributed by atoms with Crippen LogP contribution in [0.4, 0.5) is 5.69 Å². The average molecular weight is 480 g/mol. The van der Waals surface area contributed by atoms with E-state index in [4.69, 9.17) is 18.9 Å². The van der Waals surface area contributed by atoms with Gasteiger partial charge >= 0.3 is 0 Å². The smallest absolute Gasteiger partial charge is 0.297 e. The van der Waals surface area contributed by atoms with E-state index in [1.165, 1.54) is 11.8 Å². The summed E-state index contributed by atoms with van der Waals surface area (Å²) in [7, 11) is 0. The zero-order chi connectivity index (χ0) is 23.5. The highest BCUT2D eigenvalue weighted by atomic mass is 32.2. The van der Waals surface area contributed by atoms with Gasteiger partial charge in [-0.1, -0.05) is 23.9 Å². The topological polar surface area (TPSA) is 95.6 Å². The van der Waals surface area contributed by atoms with Gasteiger partial charge in [0.25, 0.3) is 5.56 Å². The summed E-state index contributed by atoms with van der Waals surface area (Å²) in [4.78, 5) is 30.8. The monoisotopic (exact) mass is 479 g/mol. The van der Waals surface area contributed by atoms with Crippen molar-refractivity contribution in [2.75, 3.05) is 24.3 Å². The molecule has 3 heterocycles. The van der Waals surface area contributed by atoms with Crippen LogP contribution in [0.2, 0.25) is 0 Å².